The highest BCUT2D eigenvalue weighted by molar-refractivity contribution is 5.86. The van der Waals surface area contributed by atoms with Crippen LogP contribution in [0.25, 0.3) is 22.3 Å². The van der Waals surface area contributed by atoms with E-state index in [2.05, 4.69) is 16.9 Å². The van der Waals surface area contributed by atoms with E-state index in [0.717, 1.165) is 17.6 Å². The predicted molar refractivity (Wildman–Crippen MR) is 115 cm³/mol. The van der Waals surface area contributed by atoms with Crippen molar-refractivity contribution in [1.29, 1.82) is 0 Å². The number of rotatable bonds is 7. The zero-order valence-corrected chi connectivity index (χ0v) is 16.8. The number of benzene rings is 3. The Morgan fingerprint density at radius 1 is 0.867 bits per heavy atom. The molecule has 0 bridgehead atoms. The fraction of sp³-hybridized carbons (Fsp3) is 0.167. The first-order chi connectivity index (χ1) is 14.7. The molecular weight excluding hydrogens is 380 g/mol. The third kappa shape index (κ3) is 3.98. The molecule has 152 valence electrons. The van der Waals surface area contributed by atoms with Gasteiger partial charge in [-0.2, -0.15) is 4.98 Å². The van der Waals surface area contributed by atoms with Gasteiger partial charge < -0.3 is 19.3 Å². The fourth-order valence-electron chi connectivity index (χ4n) is 3.05. The molecule has 0 aliphatic heterocycles. The summed E-state index contributed by atoms with van der Waals surface area (Å²) in [6.07, 6.45) is 0.949. The van der Waals surface area contributed by atoms with Crippen molar-refractivity contribution in [3.8, 4) is 40.3 Å². The number of para-hydroxylation sites is 2. The van der Waals surface area contributed by atoms with Gasteiger partial charge in [0.1, 0.15) is 11.5 Å². The minimum absolute atomic E-state index is 0.0151. The Kier molecular flexibility index (Phi) is 5.66. The van der Waals surface area contributed by atoms with Gasteiger partial charge in [0.2, 0.25) is 5.88 Å². The lowest BCUT2D eigenvalue weighted by molar-refractivity contribution is 0.317. The van der Waals surface area contributed by atoms with Crippen molar-refractivity contribution in [1.82, 2.24) is 9.97 Å². The number of fused-ring (bicyclic) bond motifs is 1. The molecule has 0 aliphatic carbocycles. The van der Waals surface area contributed by atoms with Crippen molar-refractivity contribution in [3.63, 3.8) is 0 Å². The van der Waals surface area contributed by atoms with Crippen molar-refractivity contribution in [3.05, 3.63) is 66.7 Å². The summed E-state index contributed by atoms with van der Waals surface area (Å²) in [5.41, 5.74) is 1.18. The van der Waals surface area contributed by atoms with Gasteiger partial charge in [0.15, 0.2) is 17.3 Å². The number of nitrogens with zero attached hydrogens (tertiary/aromatic N) is 2. The van der Waals surface area contributed by atoms with Crippen LogP contribution in [0.3, 0.4) is 0 Å². The first-order valence-corrected chi connectivity index (χ1v) is 9.73. The third-order valence-corrected chi connectivity index (χ3v) is 4.54. The summed E-state index contributed by atoms with van der Waals surface area (Å²) in [5.74, 6) is 2.51. The quantitative estimate of drug-likeness (QED) is 0.434. The van der Waals surface area contributed by atoms with Gasteiger partial charge in [-0.05, 0) is 55.0 Å². The molecule has 0 aliphatic rings. The van der Waals surface area contributed by atoms with Crippen molar-refractivity contribution in [2.75, 3.05) is 13.7 Å². The number of aromatic nitrogens is 2. The summed E-state index contributed by atoms with van der Waals surface area (Å²) in [5, 5.41) is 11.3. The molecule has 6 nitrogen and oxygen atoms in total. The Morgan fingerprint density at radius 2 is 1.63 bits per heavy atom. The van der Waals surface area contributed by atoms with Gasteiger partial charge in [0.05, 0.1) is 30.2 Å². The van der Waals surface area contributed by atoms with Crippen LogP contribution in [0.4, 0.5) is 0 Å². The highest BCUT2D eigenvalue weighted by Gasteiger charge is 2.16. The minimum Gasteiger partial charge on any atom is -0.504 e. The molecule has 6 heteroatoms. The van der Waals surface area contributed by atoms with E-state index in [9.17, 15) is 5.11 Å². The molecule has 30 heavy (non-hydrogen) atoms. The highest BCUT2D eigenvalue weighted by Crippen LogP contribution is 2.37. The number of ether oxygens (including phenoxy) is 3. The molecule has 0 radical (unpaired) electrons. The van der Waals surface area contributed by atoms with Gasteiger partial charge in [-0.1, -0.05) is 25.1 Å². The van der Waals surface area contributed by atoms with Crippen molar-refractivity contribution in [2.45, 2.75) is 13.3 Å². The van der Waals surface area contributed by atoms with Gasteiger partial charge in [0.25, 0.3) is 0 Å². The lowest BCUT2D eigenvalue weighted by Gasteiger charge is -2.12. The number of phenols is 1. The molecule has 1 heterocycles. The van der Waals surface area contributed by atoms with E-state index < -0.39 is 0 Å². The Labute approximate surface area is 174 Å². The maximum absolute atomic E-state index is 10.5. The smallest absolute Gasteiger partial charge is 0.230 e. The van der Waals surface area contributed by atoms with Crippen molar-refractivity contribution in [2.24, 2.45) is 0 Å². The molecule has 0 saturated carbocycles. The van der Waals surface area contributed by atoms with E-state index in [-0.39, 0.29) is 5.75 Å². The van der Waals surface area contributed by atoms with Gasteiger partial charge in [-0.3, -0.25) is 0 Å². The predicted octanol–water partition coefficient (Wildman–Crippen LogP) is 5.59. The van der Waals surface area contributed by atoms with Crippen LogP contribution in [0.2, 0.25) is 0 Å². The summed E-state index contributed by atoms with van der Waals surface area (Å²) in [6.45, 7) is 2.74. The Morgan fingerprint density at radius 3 is 2.40 bits per heavy atom. The molecule has 0 atom stereocenters. The van der Waals surface area contributed by atoms with Gasteiger partial charge in [-0.25, -0.2) is 4.98 Å². The average molecular weight is 402 g/mol. The van der Waals surface area contributed by atoms with E-state index in [1.54, 1.807) is 18.2 Å². The molecule has 0 fully saturated rings. The number of phenolic OH excluding ortho intramolecular Hbond substituents is 1. The van der Waals surface area contributed by atoms with Crippen LogP contribution in [0, 0.1) is 0 Å². The molecule has 0 unspecified atom stereocenters. The monoisotopic (exact) mass is 402 g/mol. The van der Waals surface area contributed by atoms with Gasteiger partial charge in [0, 0.05) is 0 Å². The first kappa shape index (κ1) is 19.5. The zero-order chi connectivity index (χ0) is 20.9. The van der Waals surface area contributed by atoms with E-state index in [1.165, 1.54) is 7.11 Å². The number of methoxy groups -OCH3 is 1. The largest absolute Gasteiger partial charge is 0.504 e. The van der Waals surface area contributed by atoms with Crippen molar-refractivity contribution < 1.29 is 19.3 Å². The SMILES string of the molecule is CCCOc1ccc(Oc2nc(-c3cccc(OC)c3O)nc3ccccc23)cc1. The highest BCUT2D eigenvalue weighted by atomic mass is 16.5. The Hall–Kier alpha value is -3.80. The molecule has 4 aromatic rings. The van der Waals surface area contributed by atoms with E-state index >= 15 is 0 Å². The molecule has 1 N–H and O–H groups in total. The second-order valence-electron chi connectivity index (χ2n) is 6.65. The third-order valence-electron chi connectivity index (χ3n) is 4.54. The zero-order valence-electron chi connectivity index (χ0n) is 16.8. The summed E-state index contributed by atoms with van der Waals surface area (Å²) < 4.78 is 16.9. The van der Waals surface area contributed by atoms with Crippen molar-refractivity contribution >= 4 is 10.9 Å². The molecule has 3 aromatic carbocycles. The molecular formula is C24H22N2O4. The molecule has 0 saturated heterocycles. The maximum atomic E-state index is 10.5. The maximum Gasteiger partial charge on any atom is 0.230 e. The summed E-state index contributed by atoms with van der Waals surface area (Å²) >= 11 is 0. The van der Waals surface area contributed by atoms with E-state index in [0.29, 0.717) is 40.9 Å². The van der Waals surface area contributed by atoms with Gasteiger partial charge in [-0.15, -0.1) is 0 Å². The normalized spacial score (nSPS) is 10.7. The van der Waals surface area contributed by atoms with E-state index in [4.69, 9.17) is 14.2 Å². The number of hydrogen-bond donors (Lipinski definition) is 1. The summed E-state index contributed by atoms with van der Waals surface area (Å²) in [7, 11) is 1.50. The number of aromatic hydroxyl groups is 1. The molecule has 0 spiro atoms. The van der Waals surface area contributed by atoms with Crippen LogP contribution in [0.5, 0.6) is 28.9 Å². The minimum atomic E-state index is -0.0151. The second-order valence-corrected chi connectivity index (χ2v) is 6.65. The second kappa shape index (κ2) is 8.69. The Bertz CT molecular complexity index is 1160. The van der Waals surface area contributed by atoms with Crippen LogP contribution in [-0.4, -0.2) is 28.8 Å². The van der Waals surface area contributed by atoms with Crippen LogP contribution in [-0.2, 0) is 0 Å². The van der Waals surface area contributed by atoms with Crippen LogP contribution in [0.15, 0.2) is 66.7 Å². The summed E-state index contributed by atoms with van der Waals surface area (Å²) in [4.78, 5) is 9.20. The fourth-order valence-corrected chi connectivity index (χ4v) is 3.05. The van der Waals surface area contributed by atoms with Gasteiger partial charge >= 0.3 is 0 Å². The topological polar surface area (TPSA) is 73.7 Å². The summed E-state index contributed by atoms with van der Waals surface area (Å²) in [6, 6.07) is 20.2. The molecule has 4 rings (SSSR count). The first-order valence-electron chi connectivity index (χ1n) is 9.73. The van der Waals surface area contributed by atoms with E-state index in [1.807, 2.05) is 48.5 Å². The Balaban J connectivity index is 1.74. The van der Waals surface area contributed by atoms with Crippen LogP contribution >= 0.6 is 0 Å². The lowest BCUT2D eigenvalue weighted by Crippen LogP contribution is -1.97. The molecule has 0 amide bonds. The standard InChI is InChI=1S/C24H22N2O4/c1-3-15-29-16-11-13-17(14-12-16)30-24-18-7-4-5-9-20(18)25-23(26-24)19-8-6-10-21(28-2)22(19)27/h4-14,27H,3,15H2,1-2H3. The number of hydrogen-bond acceptors (Lipinski definition) is 6. The lowest BCUT2D eigenvalue weighted by atomic mass is 10.1. The van der Waals surface area contributed by atoms with Crippen LogP contribution < -0.4 is 14.2 Å². The average Bonchev–Trinajstić information content (AvgIpc) is 2.78. The molecule has 1 aromatic heterocycles. The van der Waals surface area contributed by atoms with Crippen LogP contribution in [0.1, 0.15) is 13.3 Å².